The van der Waals surface area contributed by atoms with E-state index in [0.717, 1.165) is 50.2 Å². The number of ketones is 1. The smallest absolute Gasteiger partial charge is 0.162 e. The lowest BCUT2D eigenvalue weighted by atomic mass is 10.1. The summed E-state index contributed by atoms with van der Waals surface area (Å²) in [6.07, 6.45) is 3.61. The standard InChI is InChI=1S/C27H25N5O3/c1-17-10-19(5-9-26(17)35-21-6-8-25-24(13-21)30-16-32(25)2)31-27-22-12-18(11-20(33)14-34-3)4-7-23(22)28-15-29-27/h4-10,12-13,15-16H,11,14H2,1-3H3,(H,28,29,31). The number of nitrogens with one attached hydrogen (secondary N) is 1. The van der Waals surface area contributed by atoms with E-state index in [1.807, 2.05) is 73.1 Å². The fraction of sp³-hybridized carbons (Fsp3) is 0.185. The van der Waals surface area contributed by atoms with Crippen LogP contribution < -0.4 is 10.1 Å². The Bertz CT molecular complexity index is 1540. The Balaban J connectivity index is 1.37. The zero-order valence-corrected chi connectivity index (χ0v) is 19.8. The van der Waals surface area contributed by atoms with E-state index >= 15 is 0 Å². The molecule has 8 heteroatoms. The molecule has 0 aliphatic heterocycles. The second-order valence-electron chi connectivity index (χ2n) is 8.44. The Kier molecular flexibility index (Phi) is 6.12. The summed E-state index contributed by atoms with van der Waals surface area (Å²) in [5.41, 5.74) is 5.47. The number of carbonyl (C=O) groups is 1. The zero-order chi connectivity index (χ0) is 24.4. The predicted molar refractivity (Wildman–Crippen MR) is 135 cm³/mol. The number of benzene rings is 3. The normalized spacial score (nSPS) is 11.2. The van der Waals surface area contributed by atoms with Gasteiger partial charge in [0, 0.05) is 37.7 Å². The van der Waals surface area contributed by atoms with Crippen molar-refractivity contribution in [3.8, 4) is 11.5 Å². The fourth-order valence-electron chi connectivity index (χ4n) is 4.04. The number of aromatic nitrogens is 4. The van der Waals surface area contributed by atoms with Crippen molar-refractivity contribution in [1.82, 2.24) is 19.5 Å². The van der Waals surface area contributed by atoms with Crippen LogP contribution in [0.2, 0.25) is 0 Å². The second kappa shape index (κ2) is 9.52. The van der Waals surface area contributed by atoms with Gasteiger partial charge in [-0.1, -0.05) is 6.07 Å². The van der Waals surface area contributed by atoms with Gasteiger partial charge in [-0.25, -0.2) is 15.0 Å². The minimum absolute atomic E-state index is 0.0200. The SMILES string of the molecule is COCC(=O)Cc1ccc2ncnc(Nc3ccc(Oc4ccc5c(c4)ncn5C)c(C)c3)c2c1. The molecule has 0 saturated heterocycles. The quantitative estimate of drug-likeness (QED) is 0.339. The van der Waals surface area contributed by atoms with Crippen LogP contribution in [-0.4, -0.2) is 39.0 Å². The van der Waals surface area contributed by atoms with Crippen molar-refractivity contribution in [2.24, 2.45) is 7.05 Å². The number of imidazole rings is 1. The number of carbonyl (C=O) groups excluding carboxylic acids is 1. The van der Waals surface area contributed by atoms with Gasteiger partial charge in [-0.2, -0.15) is 0 Å². The zero-order valence-electron chi connectivity index (χ0n) is 19.8. The fourth-order valence-corrected chi connectivity index (χ4v) is 4.04. The maximum Gasteiger partial charge on any atom is 0.162 e. The van der Waals surface area contributed by atoms with Crippen molar-refractivity contribution in [1.29, 1.82) is 0 Å². The first-order chi connectivity index (χ1) is 17.0. The van der Waals surface area contributed by atoms with Gasteiger partial charge in [0.25, 0.3) is 0 Å². The van der Waals surface area contributed by atoms with Gasteiger partial charge in [-0.3, -0.25) is 4.79 Å². The molecule has 5 aromatic rings. The van der Waals surface area contributed by atoms with Crippen molar-refractivity contribution in [2.45, 2.75) is 13.3 Å². The van der Waals surface area contributed by atoms with Gasteiger partial charge in [-0.05, 0) is 60.5 Å². The van der Waals surface area contributed by atoms with Crippen LogP contribution in [-0.2, 0) is 23.0 Å². The molecule has 2 heterocycles. The van der Waals surface area contributed by atoms with E-state index < -0.39 is 0 Å². The molecule has 0 atom stereocenters. The van der Waals surface area contributed by atoms with Gasteiger partial charge in [0.15, 0.2) is 5.78 Å². The Labute approximate surface area is 202 Å². The topological polar surface area (TPSA) is 91.2 Å². The molecule has 3 aromatic carbocycles. The average molecular weight is 468 g/mol. The molecule has 0 aliphatic rings. The monoisotopic (exact) mass is 467 g/mol. The van der Waals surface area contributed by atoms with E-state index in [0.29, 0.717) is 12.2 Å². The van der Waals surface area contributed by atoms with Crippen LogP contribution in [0.4, 0.5) is 11.5 Å². The molecular weight excluding hydrogens is 442 g/mol. The number of methoxy groups -OCH3 is 1. The van der Waals surface area contributed by atoms with E-state index in [4.69, 9.17) is 9.47 Å². The summed E-state index contributed by atoms with van der Waals surface area (Å²) < 4.78 is 13.0. The van der Waals surface area contributed by atoms with Crippen molar-refractivity contribution < 1.29 is 14.3 Å². The van der Waals surface area contributed by atoms with Gasteiger partial charge >= 0.3 is 0 Å². The van der Waals surface area contributed by atoms with Crippen LogP contribution >= 0.6 is 0 Å². The first-order valence-electron chi connectivity index (χ1n) is 11.2. The first-order valence-corrected chi connectivity index (χ1v) is 11.2. The van der Waals surface area contributed by atoms with Crippen LogP contribution in [0.15, 0.2) is 67.3 Å². The van der Waals surface area contributed by atoms with Crippen LogP contribution in [0.1, 0.15) is 11.1 Å². The molecule has 35 heavy (non-hydrogen) atoms. The minimum atomic E-state index is 0.0200. The summed E-state index contributed by atoms with van der Waals surface area (Å²) in [6, 6.07) is 17.5. The first kappa shape index (κ1) is 22.5. The number of ether oxygens (including phenoxy) is 2. The number of hydrogen-bond acceptors (Lipinski definition) is 7. The number of fused-ring (bicyclic) bond motifs is 2. The molecule has 1 N–H and O–H groups in total. The Morgan fingerprint density at radius 3 is 2.71 bits per heavy atom. The third-order valence-electron chi connectivity index (χ3n) is 5.77. The highest BCUT2D eigenvalue weighted by Gasteiger charge is 2.10. The van der Waals surface area contributed by atoms with Gasteiger partial charge in [0.1, 0.15) is 30.3 Å². The Morgan fingerprint density at radius 2 is 1.89 bits per heavy atom. The largest absolute Gasteiger partial charge is 0.457 e. The highest BCUT2D eigenvalue weighted by atomic mass is 16.5. The van der Waals surface area contributed by atoms with E-state index in [2.05, 4.69) is 20.3 Å². The second-order valence-corrected chi connectivity index (χ2v) is 8.44. The number of rotatable bonds is 8. The molecule has 0 amide bonds. The molecule has 0 saturated carbocycles. The van der Waals surface area contributed by atoms with Crippen molar-refractivity contribution in [3.63, 3.8) is 0 Å². The molecule has 0 bridgehead atoms. The maximum atomic E-state index is 12.0. The van der Waals surface area contributed by atoms with Crippen LogP contribution in [0.3, 0.4) is 0 Å². The van der Waals surface area contributed by atoms with E-state index in [1.54, 1.807) is 6.33 Å². The molecule has 2 aromatic heterocycles. The van der Waals surface area contributed by atoms with E-state index in [-0.39, 0.29) is 12.4 Å². The predicted octanol–water partition coefficient (Wildman–Crippen LogP) is 5.12. The summed E-state index contributed by atoms with van der Waals surface area (Å²) in [4.78, 5) is 25.2. The molecule has 0 radical (unpaired) electrons. The Hall–Kier alpha value is -4.30. The molecule has 0 fully saturated rings. The molecule has 0 aliphatic carbocycles. The molecule has 176 valence electrons. The van der Waals surface area contributed by atoms with Gasteiger partial charge in [0.2, 0.25) is 0 Å². The number of Topliss-reactive ketones (excluding diaryl/α,β-unsaturated/α-hetero) is 1. The third-order valence-corrected chi connectivity index (χ3v) is 5.77. The van der Waals surface area contributed by atoms with E-state index in [1.165, 1.54) is 13.4 Å². The summed E-state index contributed by atoms with van der Waals surface area (Å²) in [7, 11) is 3.49. The molecule has 8 nitrogen and oxygen atoms in total. The minimum Gasteiger partial charge on any atom is -0.457 e. The summed E-state index contributed by atoms with van der Waals surface area (Å²) >= 11 is 0. The molecular formula is C27H25N5O3. The van der Waals surface area contributed by atoms with Crippen LogP contribution in [0.25, 0.3) is 21.9 Å². The summed E-state index contributed by atoms with van der Waals surface area (Å²) in [5.74, 6) is 2.19. The number of aryl methyl sites for hydroxylation is 2. The average Bonchev–Trinajstić information content (AvgIpc) is 3.21. The lowest BCUT2D eigenvalue weighted by molar-refractivity contribution is -0.121. The highest BCUT2D eigenvalue weighted by Crippen LogP contribution is 2.31. The molecule has 5 rings (SSSR count). The van der Waals surface area contributed by atoms with Crippen molar-refractivity contribution in [3.05, 3.63) is 78.4 Å². The van der Waals surface area contributed by atoms with Crippen molar-refractivity contribution in [2.75, 3.05) is 19.0 Å². The third kappa shape index (κ3) is 4.83. The van der Waals surface area contributed by atoms with Gasteiger partial charge in [0.05, 0.1) is 22.9 Å². The van der Waals surface area contributed by atoms with Gasteiger partial charge in [-0.15, -0.1) is 0 Å². The number of nitrogens with zero attached hydrogens (tertiary/aromatic N) is 4. The van der Waals surface area contributed by atoms with Crippen LogP contribution in [0, 0.1) is 6.92 Å². The van der Waals surface area contributed by atoms with E-state index in [9.17, 15) is 4.79 Å². The summed E-state index contributed by atoms with van der Waals surface area (Å²) in [5, 5.41) is 4.23. The lowest BCUT2D eigenvalue weighted by Gasteiger charge is -2.13. The number of hydrogen-bond donors (Lipinski definition) is 1. The molecule has 0 spiro atoms. The Morgan fingerprint density at radius 1 is 1.00 bits per heavy atom. The maximum absolute atomic E-state index is 12.0. The summed E-state index contributed by atoms with van der Waals surface area (Å²) in [6.45, 7) is 2.09. The lowest BCUT2D eigenvalue weighted by Crippen LogP contribution is -2.09. The highest BCUT2D eigenvalue weighted by molar-refractivity contribution is 5.92. The molecule has 0 unspecified atom stereocenters. The number of anilines is 2. The van der Waals surface area contributed by atoms with Crippen LogP contribution in [0.5, 0.6) is 11.5 Å². The van der Waals surface area contributed by atoms with Gasteiger partial charge < -0.3 is 19.4 Å². The van der Waals surface area contributed by atoms with Crippen molar-refractivity contribution >= 4 is 39.2 Å².